The fourth-order valence-corrected chi connectivity index (χ4v) is 2.83. The standard InChI is InChI=1S/C18H26N2O/c1-3-16-11-7-8-14(2)17(16)20-18(21)19-13-12-15-9-5-4-6-10-15/h7-9,11H,3-6,10,12-13H2,1-2H3,(H2,19,20,21). The van der Waals surface area contributed by atoms with Gasteiger partial charge in [-0.25, -0.2) is 4.79 Å². The summed E-state index contributed by atoms with van der Waals surface area (Å²) < 4.78 is 0. The molecule has 1 aliphatic carbocycles. The molecular weight excluding hydrogens is 260 g/mol. The molecule has 114 valence electrons. The summed E-state index contributed by atoms with van der Waals surface area (Å²) in [5, 5.41) is 5.96. The highest BCUT2D eigenvalue weighted by molar-refractivity contribution is 5.91. The highest BCUT2D eigenvalue weighted by Crippen LogP contribution is 2.21. The van der Waals surface area contributed by atoms with Gasteiger partial charge in [-0.1, -0.05) is 36.8 Å². The Morgan fingerprint density at radius 3 is 2.86 bits per heavy atom. The lowest BCUT2D eigenvalue weighted by molar-refractivity contribution is 0.252. The Morgan fingerprint density at radius 2 is 2.14 bits per heavy atom. The summed E-state index contributed by atoms with van der Waals surface area (Å²) in [4.78, 5) is 12.0. The molecule has 1 aliphatic rings. The molecule has 3 nitrogen and oxygen atoms in total. The quantitative estimate of drug-likeness (QED) is 0.765. The van der Waals surface area contributed by atoms with E-state index < -0.39 is 0 Å². The first-order valence-corrected chi connectivity index (χ1v) is 8.02. The third kappa shape index (κ3) is 4.62. The van der Waals surface area contributed by atoms with Gasteiger partial charge in [-0.3, -0.25) is 0 Å². The maximum absolute atomic E-state index is 12.0. The zero-order valence-electron chi connectivity index (χ0n) is 13.2. The van der Waals surface area contributed by atoms with Gasteiger partial charge in [-0.2, -0.15) is 0 Å². The highest BCUT2D eigenvalue weighted by atomic mass is 16.2. The molecule has 0 unspecified atom stereocenters. The number of carbonyl (C=O) groups is 1. The number of nitrogens with one attached hydrogen (secondary N) is 2. The molecule has 0 atom stereocenters. The molecule has 0 spiro atoms. The van der Waals surface area contributed by atoms with Gasteiger partial charge >= 0.3 is 6.03 Å². The largest absolute Gasteiger partial charge is 0.338 e. The van der Waals surface area contributed by atoms with Crippen LogP contribution >= 0.6 is 0 Å². The number of para-hydroxylation sites is 1. The Balaban J connectivity index is 1.83. The minimum absolute atomic E-state index is 0.101. The van der Waals surface area contributed by atoms with Gasteiger partial charge in [-0.15, -0.1) is 0 Å². The van der Waals surface area contributed by atoms with E-state index in [-0.39, 0.29) is 6.03 Å². The van der Waals surface area contributed by atoms with Crippen LogP contribution in [0, 0.1) is 6.92 Å². The number of hydrogen-bond donors (Lipinski definition) is 2. The van der Waals surface area contributed by atoms with Crippen LogP contribution in [0.1, 0.15) is 50.2 Å². The molecule has 2 rings (SSSR count). The van der Waals surface area contributed by atoms with E-state index in [1.54, 1.807) is 0 Å². The van der Waals surface area contributed by atoms with E-state index in [0.717, 1.165) is 24.1 Å². The second-order valence-corrected chi connectivity index (χ2v) is 5.70. The summed E-state index contributed by atoms with van der Waals surface area (Å²) in [6, 6.07) is 6.03. The molecular formula is C18H26N2O. The Labute approximate surface area is 127 Å². The van der Waals surface area contributed by atoms with E-state index in [1.165, 1.54) is 36.8 Å². The van der Waals surface area contributed by atoms with Crippen molar-refractivity contribution in [3.05, 3.63) is 41.0 Å². The Hall–Kier alpha value is -1.77. The minimum atomic E-state index is -0.101. The molecule has 2 N–H and O–H groups in total. The number of carbonyl (C=O) groups excluding carboxylic acids is 1. The number of anilines is 1. The zero-order chi connectivity index (χ0) is 15.1. The van der Waals surface area contributed by atoms with Crippen molar-refractivity contribution in [1.29, 1.82) is 0 Å². The van der Waals surface area contributed by atoms with Crippen molar-refractivity contribution in [1.82, 2.24) is 5.32 Å². The van der Waals surface area contributed by atoms with Gasteiger partial charge < -0.3 is 10.6 Å². The van der Waals surface area contributed by atoms with E-state index >= 15 is 0 Å². The van der Waals surface area contributed by atoms with E-state index in [0.29, 0.717) is 6.54 Å². The van der Waals surface area contributed by atoms with Gasteiger partial charge in [0, 0.05) is 12.2 Å². The van der Waals surface area contributed by atoms with Crippen molar-refractivity contribution in [3.8, 4) is 0 Å². The predicted octanol–water partition coefficient (Wildman–Crippen LogP) is 4.57. The summed E-state index contributed by atoms with van der Waals surface area (Å²) in [7, 11) is 0. The second-order valence-electron chi connectivity index (χ2n) is 5.70. The number of benzene rings is 1. The van der Waals surface area contributed by atoms with E-state index in [4.69, 9.17) is 0 Å². The molecule has 0 fully saturated rings. The molecule has 0 aromatic heterocycles. The third-order valence-corrected chi connectivity index (χ3v) is 4.10. The number of rotatable bonds is 5. The lowest BCUT2D eigenvalue weighted by Gasteiger charge is -2.15. The van der Waals surface area contributed by atoms with E-state index in [2.05, 4.69) is 29.7 Å². The molecule has 1 aromatic rings. The zero-order valence-corrected chi connectivity index (χ0v) is 13.2. The van der Waals surface area contributed by atoms with Crippen LogP contribution in [0.25, 0.3) is 0 Å². The van der Waals surface area contributed by atoms with Crippen LogP contribution in [-0.2, 0) is 6.42 Å². The molecule has 3 heteroatoms. The smallest absolute Gasteiger partial charge is 0.319 e. The number of allylic oxidation sites excluding steroid dienone is 1. The predicted molar refractivity (Wildman–Crippen MR) is 88.7 cm³/mol. The summed E-state index contributed by atoms with van der Waals surface area (Å²) in [6.45, 7) is 4.85. The molecule has 0 bridgehead atoms. The molecule has 0 heterocycles. The first-order chi connectivity index (χ1) is 10.2. The van der Waals surface area contributed by atoms with Gasteiger partial charge in [0.2, 0.25) is 0 Å². The van der Waals surface area contributed by atoms with Crippen molar-refractivity contribution in [3.63, 3.8) is 0 Å². The Bertz CT molecular complexity index is 520. The molecule has 0 saturated heterocycles. The van der Waals surface area contributed by atoms with Crippen LogP contribution in [-0.4, -0.2) is 12.6 Å². The molecule has 2 amide bonds. The summed E-state index contributed by atoms with van der Waals surface area (Å²) >= 11 is 0. The maximum atomic E-state index is 12.0. The number of hydrogen-bond acceptors (Lipinski definition) is 1. The number of amides is 2. The molecule has 0 aliphatic heterocycles. The van der Waals surface area contributed by atoms with E-state index in [9.17, 15) is 4.79 Å². The topological polar surface area (TPSA) is 41.1 Å². The summed E-state index contributed by atoms with van der Waals surface area (Å²) in [5.74, 6) is 0. The van der Waals surface area contributed by atoms with Crippen LogP contribution in [0.5, 0.6) is 0 Å². The molecule has 0 saturated carbocycles. The van der Waals surface area contributed by atoms with Crippen molar-refractivity contribution < 1.29 is 4.79 Å². The normalized spacial score (nSPS) is 14.5. The van der Waals surface area contributed by atoms with Crippen LogP contribution in [0.4, 0.5) is 10.5 Å². The summed E-state index contributed by atoms with van der Waals surface area (Å²) in [6.07, 6.45) is 9.23. The van der Waals surface area contributed by atoms with Gasteiger partial charge in [-0.05, 0) is 56.6 Å². The SMILES string of the molecule is CCc1cccc(C)c1NC(=O)NCCC1=CCCCC1. The number of aryl methyl sites for hydroxylation is 2. The first kappa shape index (κ1) is 15.6. The first-order valence-electron chi connectivity index (χ1n) is 8.02. The van der Waals surface area contributed by atoms with Crippen molar-refractivity contribution in [2.45, 2.75) is 52.4 Å². The number of urea groups is 1. The minimum Gasteiger partial charge on any atom is -0.338 e. The maximum Gasteiger partial charge on any atom is 0.319 e. The van der Waals surface area contributed by atoms with Gasteiger partial charge in [0.25, 0.3) is 0 Å². The monoisotopic (exact) mass is 286 g/mol. The van der Waals surface area contributed by atoms with Crippen molar-refractivity contribution in [2.24, 2.45) is 0 Å². The van der Waals surface area contributed by atoms with Crippen LogP contribution < -0.4 is 10.6 Å². The fraction of sp³-hybridized carbons (Fsp3) is 0.500. The Morgan fingerprint density at radius 1 is 1.29 bits per heavy atom. The highest BCUT2D eigenvalue weighted by Gasteiger charge is 2.09. The molecule has 1 aromatic carbocycles. The lowest BCUT2D eigenvalue weighted by Crippen LogP contribution is -2.30. The van der Waals surface area contributed by atoms with Gasteiger partial charge in [0.15, 0.2) is 0 Å². The van der Waals surface area contributed by atoms with Gasteiger partial charge in [0.05, 0.1) is 0 Å². The summed E-state index contributed by atoms with van der Waals surface area (Å²) in [5.41, 5.74) is 4.74. The van der Waals surface area contributed by atoms with Crippen molar-refractivity contribution in [2.75, 3.05) is 11.9 Å². The Kier molecular flexibility index (Phi) is 5.85. The fourth-order valence-electron chi connectivity index (χ4n) is 2.83. The average molecular weight is 286 g/mol. The molecule has 21 heavy (non-hydrogen) atoms. The average Bonchev–Trinajstić information content (AvgIpc) is 2.50. The second kappa shape index (κ2) is 7.87. The third-order valence-electron chi connectivity index (χ3n) is 4.10. The van der Waals surface area contributed by atoms with Crippen LogP contribution in [0.3, 0.4) is 0 Å². The van der Waals surface area contributed by atoms with E-state index in [1.807, 2.05) is 19.1 Å². The lowest BCUT2D eigenvalue weighted by atomic mass is 9.97. The van der Waals surface area contributed by atoms with Crippen LogP contribution in [0.2, 0.25) is 0 Å². The molecule has 0 radical (unpaired) electrons. The van der Waals surface area contributed by atoms with Crippen molar-refractivity contribution >= 4 is 11.7 Å². The van der Waals surface area contributed by atoms with Crippen LogP contribution in [0.15, 0.2) is 29.8 Å². The van der Waals surface area contributed by atoms with Gasteiger partial charge in [0.1, 0.15) is 0 Å².